The van der Waals surface area contributed by atoms with E-state index >= 15 is 0 Å². The lowest BCUT2D eigenvalue weighted by Gasteiger charge is -2.30. The number of rotatable bonds is 4. The number of allylic oxidation sites excluding steroid dienone is 2. The average molecular weight is 376 g/mol. The Hall–Kier alpha value is -1.57. The Morgan fingerprint density at radius 1 is 1.48 bits per heavy atom. The zero-order valence-electron chi connectivity index (χ0n) is 12.2. The molecule has 0 saturated heterocycles. The van der Waals surface area contributed by atoms with E-state index in [0.717, 1.165) is 6.26 Å². The zero-order chi connectivity index (χ0) is 17.3. The monoisotopic (exact) mass is 375 g/mol. The predicted molar refractivity (Wildman–Crippen MR) is 89.4 cm³/mol. The number of carbonyl (C=O) groups excluding carboxylic acids is 1. The number of nitrogens with two attached hydrogens (primary N) is 1. The summed E-state index contributed by atoms with van der Waals surface area (Å²) in [6.07, 6.45) is 7.49. The first-order chi connectivity index (χ1) is 10.6. The Labute approximate surface area is 144 Å². The first-order valence-electron chi connectivity index (χ1n) is 6.58. The Balaban J connectivity index is 2.39. The van der Waals surface area contributed by atoms with Gasteiger partial charge in [0.2, 0.25) is 15.9 Å². The lowest BCUT2D eigenvalue weighted by atomic mass is 9.76. The number of nitrogens with one attached hydrogen (secondary N) is 1. The second-order valence-corrected chi connectivity index (χ2v) is 7.95. The molecular formula is C14H15Cl2N3O3S. The van der Waals surface area contributed by atoms with Crippen molar-refractivity contribution >= 4 is 39.1 Å². The number of carbonyl (C=O) groups is 1. The van der Waals surface area contributed by atoms with Crippen molar-refractivity contribution < 1.29 is 13.2 Å². The maximum absolute atomic E-state index is 12.5. The fraction of sp³-hybridized carbons (Fsp3) is 0.286. The van der Waals surface area contributed by atoms with E-state index in [9.17, 15) is 13.2 Å². The van der Waals surface area contributed by atoms with Crippen molar-refractivity contribution in [2.75, 3.05) is 6.26 Å². The van der Waals surface area contributed by atoms with Gasteiger partial charge in [-0.05, 0) is 18.6 Å². The van der Waals surface area contributed by atoms with Crippen LogP contribution in [0.5, 0.6) is 0 Å². The summed E-state index contributed by atoms with van der Waals surface area (Å²) in [5, 5.41) is 0.677. The molecule has 23 heavy (non-hydrogen) atoms. The van der Waals surface area contributed by atoms with Crippen LogP contribution in [0.1, 0.15) is 12.1 Å². The molecule has 3 N–H and O–H groups in total. The van der Waals surface area contributed by atoms with Crippen molar-refractivity contribution in [3.8, 4) is 0 Å². The molecule has 0 aromatic carbocycles. The first-order valence-corrected chi connectivity index (χ1v) is 9.23. The van der Waals surface area contributed by atoms with Crippen LogP contribution in [-0.2, 0) is 21.2 Å². The fourth-order valence-corrected chi connectivity index (χ4v) is 3.20. The van der Waals surface area contributed by atoms with Gasteiger partial charge in [-0.2, -0.15) is 0 Å². The van der Waals surface area contributed by atoms with E-state index in [1.165, 1.54) is 12.3 Å². The molecule has 1 aromatic heterocycles. The molecule has 1 aromatic rings. The van der Waals surface area contributed by atoms with E-state index in [-0.39, 0.29) is 12.8 Å². The third-order valence-corrected chi connectivity index (χ3v) is 4.48. The third-order valence-electron chi connectivity index (χ3n) is 3.39. The van der Waals surface area contributed by atoms with Gasteiger partial charge in [0.1, 0.15) is 0 Å². The highest BCUT2D eigenvalue weighted by Gasteiger charge is 2.39. The van der Waals surface area contributed by atoms with Gasteiger partial charge < -0.3 is 5.73 Å². The molecule has 0 aliphatic heterocycles. The Morgan fingerprint density at radius 3 is 2.70 bits per heavy atom. The van der Waals surface area contributed by atoms with E-state index < -0.39 is 21.3 Å². The summed E-state index contributed by atoms with van der Waals surface area (Å²) in [5.41, 5.74) is 5.49. The number of hydrogen-bond acceptors (Lipinski definition) is 5. The number of aromatic nitrogens is 1. The van der Waals surface area contributed by atoms with Crippen LogP contribution >= 0.6 is 23.2 Å². The summed E-state index contributed by atoms with van der Waals surface area (Å²) >= 11 is 11.9. The van der Waals surface area contributed by atoms with E-state index in [0.29, 0.717) is 21.4 Å². The molecule has 1 atom stereocenters. The molecular weight excluding hydrogens is 361 g/mol. The summed E-state index contributed by atoms with van der Waals surface area (Å²) in [6.45, 7) is 0. The quantitative estimate of drug-likeness (QED) is 0.834. The number of hydrogen-bond donors (Lipinski definition) is 2. The molecule has 1 amide bonds. The lowest BCUT2D eigenvalue weighted by Crippen LogP contribution is -2.44. The predicted octanol–water partition coefficient (Wildman–Crippen LogP) is 1.80. The van der Waals surface area contributed by atoms with Crippen LogP contribution in [0.15, 0.2) is 36.2 Å². The van der Waals surface area contributed by atoms with Gasteiger partial charge in [0.15, 0.2) is 0 Å². The molecule has 1 aliphatic carbocycles. The standard InChI is InChI=1S/C14H15Cl2N3O3S/c1-23(21,22)19-13(20)14(4-2-10(17)3-5-14)7-12-11(16)6-9(15)8-18-12/h2-4,6,8H,5,7,17H2,1H3,(H,19,20). The van der Waals surface area contributed by atoms with Crippen LogP contribution in [0.3, 0.4) is 0 Å². The molecule has 1 aliphatic rings. The second-order valence-electron chi connectivity index (χ2n) is 5.36. The molecule has 0 saturated carbocycles. The van der Waals surface area contributed by atoms with Crippen molar-refractivity contribution in [2.45, 2.75) is 12.8 Å². The second kappa shape index (κ2) is 6.51. The van der Waals surface area contributed by atoms with Crippen LogP contribution < -0.4 is 10.5 Å². The maximum Gasteiger partial charge on any atom is 0.244 e. The van der Waals surface area contributed by atoms with Gasteiger partial charge in [0.05, 0.1) is 27.4 Å². The minimum atomic E-state index is -3.69. The van der Waals surface area contributed by atoms with Crippen LogP contribution in [-0.4, -0.2) is 25.6 Å². The van der Waals surface area contributed by atoms with Crippen LogP contribution in [0.25, 0.3) is 0 Å². The topological polar surface area (TPSA) is 102 Å². The Kier molecular flexibility index (Phi) is 5.03. The van der Waals surface area contributed by atoms with E-state index in [2.05, 4.69) is 4.98 Å². The van der Waals surface area contributed by atoms with Gasteiger partial charge in [-0.15, -0.1) is 0 Å². The van der Waals surface area contributed by atoms with Crippen LogP contribution in [0.4, 0.5) is 0 Å². The summed E-state index contributed by atoms with van der Waals surface area (Å²) < 4.78 is 24.8. The molecule has 0 fully saturated rings. The molecule has 0 spiro atoms. The third kappa shape index (κ3) is 4.46. The largest absolute Gasteiger partial charge is 0.399 e. The highest BCUT2D eigenvalue weighted by Crippen LogP contribution is 2.35. The van der Waals surface area contributed by atoms with Crippen molar-refractivity contribution in [3.63, 3.8) is 0 Å². The highest BCUT2D eigenvalue weighted by atomic mass is 35.5. The maximum atomic E-state index is 12.5. The zero-order valence-corrected chi connectivity index (χ0v) is 14.5. The highest BCUT2D eigenvalue weighted by molar-refractivity contribution is 7.89. The van der Waals surface area contributed by atoms with Crippen molar-refractivity contribution in [1.29, 1.82) is 0 Å². The molecule has 0 bridgehead atoms. The molecule has 1 unspecified atom stereocenters. The van der Waals surface area contributed by atoms with Gasteiger partial charge in [-0.1, -0.05) is 35.4 Å². The minimum absolute atomic E-state index is 0.116. The van der Waals surface area contributed by atoms with Gasteiger partial charge in [0, 0.05) is 18.3 Å². The van der Waals surface area contributed by atoms with Gasteiger partial charge in [-0.3, -0.25) is 14.5 Å². The SMILES string of the molecule is CS(=O)(=O)NC(=O)C1(Cc2ncc(Cl)cc2Cl)C=CC(N)=CC1. The van der Waals surface area contributed by atoms with E-state index in [1.54, 1.807) is 18.2 Å². The smallest absolute Gasteiger partial charge is 0.244 e. The van der Waals surface area contributed by atoms with Gasteiger partial charge in [0.25, 0.3) is 0 Å². The summed E-state index contributed by atoms with van der Waals surface area (Å²) in [4.78, 5) is 16.7. The average Bonchev–Trinajstić information content (AvgIpc) is 2.42. The summed E-state index contributed by atoms with van der Waals surface area (Å²) in [5.74, 6) is -0.659. The number of amides is 1. The molecule has 6 nitrogen and oxygen atoms in total. The first kappa shape index (κ1) is 17.8. The van der Waals surface area contributed by atoms with Crippen molar-refractivity contribution in [3.05, 3.63) is 51.9 Å². The number of pyridine rings is 1. The number of nitrogens with zero attached hydrogens (tertiary/aromatic N) is 1. The van der Waals surface area contributed by atoms with E-state index in [4.69, 9.17) is 28.9 Å². The van der Waals surface area contributed by atoms with Crippen LogP contribution in [0, 0.1) is 5.41 Å². The lowest BCUT2D eigenvalue weighted by molar-refractivity contribution is -0.126. The van der Waals surface area contributed by atoms with Crippen molar-refractivity contribution in [2.24, 2.45) is 11.1 Å². The van der Waals surface area contributed by atoms with Crippen molar-refractivity contribution in [1.82, 2.24) is 9.71 Å². The number of sulfonamides is 1. The van der Waals surface area contributed by atoms with Crippen LogP contribution in [0.2, 0.25) is 10.0 Å². The molecule has 124 valence electrons. The fourth-order valence-electron chi connectivity index (χ4n) is 2.21. The summed E-state index contributed by atoms with van der Waals surface area (Å²) in [6, 6.07) is 1.52. The molecule has 1 heterocycles. The normalized spacial score (nSPS) is 20.9. The van der Waals surface area contributed by atoms with Gasteiger partial charge in [-0.25, -0.2) is 8.42 Å². The molecule has 9 heteroatoms. The minimum Gasteiger partial charge on any atom is -0.399 e. The van der Waals surface area contributed by atoms with Gasteiger partial charge >= 0.3 is 0 Å². The Bertz CT molecular complexity index is 805. The number of halogens is 2. The molecule has 0 radical (unpaired) electrons. The summed E-state index contributed by atoms with van der Waals surface area (Å²) in [7, 11) is -3.69. The molecule has 2 rings (SSSR count). The van der Waals surface area contributed by atoms with E-state index in [1.807, 2.05) is 4.72 Å². The Morgan fingerprint density at radius 2 is 2.17 bits per heavy atom.